The highest BCUT2D eigenvalue weighted by atomic mass is 32.2. The van der Waals surface area contributed by atoms with Gasteiger partial charge in [-0.15, -0.1) is 0 Å². The fourth-order valence-corrected chi connectivity index (χ4v) is 2.11. The summed E-state index contributed by atoms with van der Waals surface area (Å²) in [6, 6.07) is 5.44. The molecular weight excluding hydrogens is 246 g/mol. The summed E-state index contributed by atoms with van der Waals surface area (Å²) >= 11 is 1.73. The molecule has 0 aromatic heterocycles. The van der Waals surface area contributed by atoms with E-state index < -0.39 is 0 Å². The quantitative estimate of drug-likeness (QED) is 0.826. The fourth-order valence-electron chi connectivity index (χ4n) is 1.65. The molecule has 0 radical (unpaired) electrons. The third kappa shape index (κ3) is 3.57. The van der Waals surface area contributed by atoms with E-state index in [2.05, 4.69) is 0 Å². The van der Waals surface area contributed by atoms with Gasteiger partial charge in [-0.1, -0.05) is 0 Å². The third-order valence-electron chi connectivity index (χ3n) is 2.71. The fraction of sp³-hybridized carbons (Fsp3) is 0.462. The highest BCUT2D eigenvalue weighted by molar-refractivity contribution is 7.98. The lowest BCUT2D eigenvalue weighted by molar-refractivity contribution is 0.0804. The molecule has 0 spiro atoms. The van der Waals surface area contributed by atoms with Crippen molar-refractivity contribution in [1.82, 2.24) is 4.90 Å². The maximum Gasteiger partial charge on any atom is 0.255 e. The van der Waals surface area contributed by atoms with E-state index in [1.165, 1.54) is 0 Å². The molecule has 0 aliphatic carbocycles. The Labute approximate surface area is 113 Å². The molecule has 1 amide bonds. The van der Waals surface area contributed by atoms with E-state index >= 15 is 0 Å². The summed E-state index contributed by atoms with van der Waals surface area (Å²) in [6.07, 6.45) is 2.03. The van der Waals surface area contributed by atoms with E-state index in [1.807, 2.05) is 44.4 Å². The number of carbonyl (C=O) groups excluding carboxylic acids is 1. The number of hydrogen-bond acceptors (Lipinski definition) is 4. The Kier molecular flexibility index (Phi) is 5.34. The largest absolute Gasteiger partial charge is 0.399 e. The minimum absolute atomic E-state index is 0.0139. The zero-order valence-electron chi connectivity index (χ0n) is 11.4. The van der Waals surface area contributed by atoms with Crippen molar-refractivity contribution >= 4 is 29.0 Å². The van der Waals surface area contributed by atoms with Crippen LogP contribution in [-0.4, -0.2) is 50.5 Å². The number of anilines is 2. The van der Waals surface area contributed by atoms with Crippen LogP contribution in [0.4, 0.5) is 11.4 Å². The molecule has 100 valence electrons. The summed E-state index contributed by atoms with van der Waals surface area (Å²) in [5.41, 5.74) is 7.94. The molecule has 0 atom stereocenters. The molecule has 0 aliphatic heterocycles. The second-order valence-electron chi connectivity index (χ2n) is 4.39. The van der Waals surface area contributed by atoms with Gasteiger partial charge in [0.05, 0.1) is 5.56 Å². The molecule has 4 nitrogen and oxygen atoms in total. The van der Waals surface area contributed by atoms with Gasteiger partial charge in [0, 0.05) is 44.8 Å². The van der Waals surface area contributed by atoms with Gasteiger partial charge in [0.15, 0.2) is 0 Å². The molecule has 0 saturated heterocycles. The Morgan fingerprint density at radius 3 is 2.56 bits per heavy atom. The first-order chi connectivity index (χ1) is 8.47. The Bertz CT molecular complexity index is 421. The molecule has 0 saturated carbocycles. The van der Waals surface area contributed by atoms with Crippen LogP contribution in [0.25, 0.3) is 0 Å². The highest BCUT2D eigenvalue weighted by Crippen LogP contribution is 2.22. The smallest absolute Gasteiger partial charge is 0.255 e. The first-order valence-electron chi connectivity index (χ1n) is 5.78. The van der Waals surface area contributed by atoms with Crippen molar-refractivity contribution in [3.8, 4) is 0 Å². The van der Waals surface area contributed by atoms with E-state index in [9.17, 15) is 4.79 Å². The summed E-state index contributed by atoms with van der Waals surface area (Å²) in [4.78, 5) is 16.0. The zero-order valence-corrected chi connectivity index (χ0v) is 12.3. The van der Waals surface area contributed by atoms with Crippen LogP contribution in [0.3, 0.4) is 0 Å². The van der Waals surface area contributed by atoms with Crippen molar-refractivity contribution in [3.63, 3.8) is 0 Å². The second-order valence-corrected chi connectivity index (χ2v) is 5.38. The molecule has 1 aromatic rings. The molecule has 0 heterocycles. The van der Waals surface area contributed by atoms with Crippen LogP contribution in [0.15, 0.2) is 18.2 Å². The second kappa shape index (κ2) is 6.54. The molecule has 5 heteroatoms. The van der Waals surface area contributed by atoms with Gasteiger partial charge in [0.2, 0.25) is 0 Å². The van der Waals surface area contributed by atoms with E-state index in [0.29, 0.717) is 11.3 Å². The van der Waals surface area contributed by atoms with Crippen molar-refractivity contribution in [2.45, 2.75) is 0 Å². The SMILES string of the molecule is CSCCN(C)C(=O)c1cc(N)ccc1N(C)C. The van der Waals surface area contributed by atoms with Gasteiger partial charge in [-0.25, -0.2) is 0 Å². The van der Waals surface area contributed by atoms with Gasteiger partial charge in [0.1, 0.15) is 0 Å². The van der Waals surface area contributed by atoms with Crippen molar-refractivity contribution in [1.29, 1.82) is 0 Å². The van der Waals surface area contributed by atoms with Crippen molar-refractivity contribution in [2.24, 2.45) is 0 Å². The number of hydrogen-bond donors (Lipinski definition) is 1. The van der Waals surface area contributed by atoms with Gasteiger partial charge < -0.3 is 15.5 Å². The molecule has 0 bridgehead atoms. The highest BCUT2D eigenvalue weighted by Gasteiger charge is 2.16. The summed E-state index contributed by atoms with van der Waals surface area (Å²) in [7, 11) is 5.66. The summed E-state index contributed by atoms with van der Waals surface area (Å²) in [5.74, 6) is 0.946. The summed E-state index contributed by atoms with van der Waals surface area (Å²) in [6.45, 7) is 0.738. The van der Waals surface area contributed by atoms with E-state index in [0.717, 1.165) is 18.0 Å². The lowest BCUT2D eigenvalue weighted by Gasteiger charge is -2.22. The Morgan fingerprint density at radius 2 is 2.00 bits per heavy atom. The number of nitrogens with zero attached hydrogens (tertiary/aromatic N) is 2. The monoisotopic (exact) mass is 267 g/mol. The Morgan fingerprint density at radius 1 is 1.33 bits per heavy atom. The molecular formula is C13H21N3OS. The number of nitrogen functional groups attached to an aromatic ring is 1. The summed E-state index contributed by atoms with van der Waals surface area (Å²) in [5, 5.41) is 0. The Hall–Kier alpha value is -1.36. The maximum absolute atomic E-state index is 12.4. The number of benzene rings is 1. The van der Waals surface area contributed by atoms with Crippen molar-refractivity contribution in [3.05, 3.63) is 23.8 Å². The zero-order chi connectivity index (χ0) is 13.7. The predicted molar refractivity (Wildman–Crippen MR) is 80.5 cm³/mol. The predicted octanol–water partition coefficient (Wildman–Crippen LogP) is 1.77. The average molecular weight is 267 g/mol. The van der Waals surface area contributed by atoms with Crippen LogP contribution >= 0.6 is 11.8 Å². The normalized spacial score (nSPS) is 10.2. The topological polar surface area (TPSA) is 49.6 Å². The van der Waals surface area contributed by atoms with Gasteiger partial charge in [-0.2, -0.15) is 11.8 Å². The number of rotatable bonds is 5. The van der Waals surface area contributed by atoms with Gasteiger partial charge in [0.25, 0.3) is 5.91 Å². The lowest BCUT2D eigenvalue weighted by Crippen LogP contribution is -2.30. The van der Waals surface area contributed by atoms with E-state index in [-0.39, 0.29) is 5.91 Å². The van der Waals surface area contributed by atoms with Crippen LogP contribution < -0.4 is 10.6 Å². The van der Waals surface area contributed by atoms with Crippen LogP contribution in [0.5, 0.6) is 0 Å². The van der Waals surface area contributed by atoms with Crippen LogP contribution in [0, 0.1) is 0 Å². The van der Waals surface area contributed by atoms with Gasteiger partial charge >= 0.3 is 0 Å². The molecule has 0 aliphatic rings. The lowest BCUT2D eigenvalue weighted by atomic mass is 10.1. The van der Waals surface area contributed by atoms with E-state index in [4.69, 9.17) is 5.73 Å². The van der Waals surface area contributed by atoms with Crippen molar-refractivity contribution in [2.75, 3.05) is 50.3 Å². The van der Waals surface area contributed by atoms with Crippen LogP contribution in [0.2, 0.25) is 0 Å². The standard InChI is InChI=1S/C13H21N3OS/c1-15(2)12-6-5-10(14)9-11(12)13(17)16(3)7-8-18-4/h5-6,9H,7-8,14H2,1-4H3. The molecule has 0 fully saturated rings. The number of amides is 1. The molecule has 1 rings (SSSR count). The maximum atomic E-state index is 12.4. The molecule has 2 N–H and O–H groups in total. The first-order valence-corrected chi connectivity index (χ1v) is 7.18. The minimum atomic E-state index is 0.0139. The van der Waals surface area contributed by atoms with Crippen LogP contribution in [-0.2, 0) is 0 Å². The molecule has 1 aromatic carbocycles. The average Bonchev–Trinajstić information content (AvgIpc) is 2.34. The molecule has 18 heavy (non-hydrogen) atoms. The number of thioether (sulfide) groups is 1. The van der Waals surface area contributed by atoms with Crippen molar-refractivity contribution < 1.29 is 4.79 Å². The van der Waals surface area contributed by atoms with Gasteiger partial charge in [-0.05, 0) is 24.5 Å². The minimum Gasteiger partial charge on any atom is -0.399 e. The Balaban J connectivity index is 2.99. The number of nitrogens with two attached hydrogens (primary N) is 1. The third-order valence-corrected chi connectivity index (χ3v) is 3.30. The van der Waals surface area contributed by atoms with Gasteiger partial charge in [-0.3, -0.25) is 4.79 Å². The summed E-state index contributed by atoms with van der Waals surface area (Å²) < 4.78 is 0. The number of carbonyl (C=O) groups is 1. The van der Waals surface area contributed by atoms with Crippen LogP contribution in [0.1, 0.15) is 10.4 Å². The van der Waals surface area contributed by atoms with E-state index in [1.54, 1.807) is 22.7 Å². The first kappa shape index (κ1) is 14.7. The molecule has 0 unspecified atom stereocenters.